The van der Waals surface area contributed by atoms with Gasteiger partial charge < -0.3 is 61.3 Å². The molecule has 0 spiro atoms. The van der Waals surface area contributed by atoms with Gasteiger partial charge in [0.2, 0.25) is 29.5 Å². The first kappa shape index (κ1) is 42.7. The minimum absolute atomic E-state index is 0.0118. The van der Waals surface area contributed by atoms with E-state index < -0.39 is 90.8 Å². The first-order valence-electron chi connectivity index (χ1n) is 15.1. The quantitative estimate of drug-likeness (QED) is 0.0270. The lowest BCUT2D eigenvalue weighted by Gasteiger charge is -2.36. The van der Waals surface area contributed by atoms with E-state index in [0.717, 1.165) is 17.1 Å². The summed E-state index contributed by atoms with van der Waals surface area (Å²) in [4.78, 5) is 91.3. The Kier molecular flexibility index (Phi) is 19.5. The van der Waals surface area contributed by atoms with E-state index in [4.69, 9.17) is 32.9 Å². The molecule has 49 heavy (non-hydrogen) atoms. The molecule has 3 unspecified atom stereocenters. The highest BCUT2D eigenvalue weighted by molar-refractivity contribution is 6.58. The topological polar surface area (TPSA) is 302 Å². The Hall–Kier alpha value is -4.28. The molecule has 20 nitrogen and oxygen atoms in total. The number of amides is 7. The molecule has 0 aromatic heterocycles. The molecule has 0 aromatic rings. The van der Waals surface area contributed by atoms with Crippen molar-refractivity contribution >= 4 is 54.9 Å². The molecule has 2 rings (SSSR count). The number of carbonyl (C=O) groups excluding carboxylic acids is 8. The van der Waals surface area contributed by atoms with Crippen molar-refractivity contribution in [2.24, 2.45) is 11.7 Å². The van der Waals surface area contributed by atoms with Crippen molar-refractivity contribution in [3.63, 3.8) is 0 Å². The van der Waals surface area contributed by atoms with E-state index in [2.05, 4.69) is 21.3 Å². The first-order chi connectivity index (χ1) is 23.0. The maximum Gasteiger partial charge on any atom is 0.254 e. The van der Waals surface area contributed by atoms with Crippen molar-refractivity contribution in [1.29, 1.82) is 0 Å². The lowest BCUT2D eigenvalue weighted by Crippen LogP contribution is -2.50. The third-order valence-corrected chi connectivity index (χ3v) is 6.55. The fraction of sp³-hybridized carbons (Fsp3) is 0.643. The molecule has 2 aliphatic rings. The SMILES string of the molecule is CC(C)[C@H](NC(=O)CCNC(=O)CN1C(=O)C=CC1=O)C(N)=O.[B]C(=O)COCNC(=O)CNC(=O)CCOC1O[C@H](CO)C(O)CC1O. The van der Waals surface area contributed by atoms with E-state index >= 15 is 0 Å². The van der Waals surface area contributed by atoms with E-state index in [0.29, 0.717) is 0 Å². The van der Waals surface area contributed by atoms with Gasteiger partial charge in [0.25, 0.3) is 11.8 Å². The molecule has 1 saturated heterocycles. The van der Waals surface area contributed by atoms with Crippen LogP contribution in [-0.2, 0) is 52.6 Å². The third kappa shape index (κ3) is 17.1. The van der Waals surface area contributed by atoms with Crippen LogP contribution in [0.4, 0.5) is 0 Å². The minimum atomic E-state index is -1.08. The van der Waals surface area contributed by atoms with Gasteiger partial charge in [0.1, 0.15) is 37.2 Å². The Morgan fingerprint density at radius 3 is 2.20 bits per heavy atom. The van der Waals surface area contributed by atoms with E-state index in [1.165, 1.54) is 0 Å². The number of imide groups is 1. The van der Waals surface area contributed by atoms with Crippen LogP contribution in [-0.4, -0.2) is 152 Å². The molecule has 0 saturated carbocycles. The minimum Gasteiger partial charge on any atom is -0.394 e. The summed E-state index contributed by atoms with van der Waals surface area (Å²) < 4.78 is 15.2. The molecule has 0 aliphatic carbocycles. The highest BCUT2D eigenvalue weighted by Crippen LogP contribution is 2.21. The first-order valence-corrected chi connectivity index (χ1v) is 15.1. The van der Waals surface area contributed by atoms with Crippen molar-refractivity contribution in [3.05, 3.63) is 12.2 Å². The van der Waals surface area contributed by atoms with Crippen LogP contribution in [0.5, 0.6) is 0 Å². The van der Waals surface area contributed by atoms with Crippen LogP contribution in [0, 0.1) is 5.92 Å². The number of hydrogen-bond donors (Lipinski definition) is 8. The summed E-state index contributed by atoms with van der Waals surface area (Å²) in [6.45, 7) is 1.76. The Bertz CT molecular complexity index is 1200. The van der Waals surface area contributed by atoms with Gasteiger partial charge >= 0.3 is 0 Å². The van der Waals surface area contributed by atoms with Gasteiger partial charge in [-0.1, -0.05) is 13.8 Å². The second-order valence-electron chi connectivity index (χ2n) is 10.9. The highest BCUT2D eigenvalue weighted by Gasteiger charge is 2.36. The van der Waals surface area contributed by atoms with Crippen molar-refractivity contribution in [2.75, 3.05) is 46.2 Å². The van der Waals surface area contributed by atoms with E-state index in [-0.39, 0.29) is 58.2 Å². The molecule has 5 atom stereocenters. The Balaban J connectivity index is 0.000000494. The normalized spacial score (nSPS) is 20.6. The Morgan fingerprint density at radius 2 is 1.63 bits per heavy atom. The number of aliphatic hydroxyl groups excluding tert-OH is 3. The zero-order valence-electron chi connectivity index (χ0n) is 27.1. The number of carbonyl (C=O) groups is 8. The van der Waals surface area contributed by atoms with E-state index in [1.54, 1.807) is 13.8 Å². The maximum absolute atomic E-state index is 11.7. The maximum atomic E-state index is 11.7. The molecule has 0 aromatic carbocycles. The zero-order valence-corrected chi connectivity index (χ0v) is 27.1. The monoisotopic (exact) mass is 698 g/mol. The summed E-state index contributed by atoms with van der Waals surface area (Å²) in [5, 5.41) is 37.9. The molecule has 7 amide bonds. The van der Waals surface area contributed by atoms with Crippen molar-refractivity contribution < 1.29 is 67.9 Å². The molecular weight excluding hydrogens is 655 g/mol. The van der Waals surface area contributed by atoms with Crippen LogP contribution in [0.2, 0.25) is 0 Å². The number of aliphatic hydroxyl groups is 3. The summed E-state index contributed by atoms with van der Waals surface area (Å²) in [7, 11) is 4.84. The van der Waals surface area contributed by atoms with Crippen LogP contribution < -0.4 is 27.0 Å². The Labute approximate surface area is 282 Å². The van der Waals surface area contributed by atoms with Crippen molar-refractivity contribution in [2.45, 2.75) is 63.8 Å². The number of hydrogen-bond acceptors (Lipinski definition) is 14. The van der Waals surface area contributed by atoms with Crippen LogP contribution in [0.25, 0.3) is 0 Å². The summed E-state index contributed by atoms with van der Waals surface area (Å²) in [5.74, 6) is -3.86. The van der Waals surface area contributed by atoms with Gasteiger partial charge in [-0.15, -0.1) is 0 Å². The standard InChI is InChI=1S/C14H23BN2O9.C14H20N4O5/c15-11(21)6-24-7-17-13(23)4-16-12(22)1-2-25-14-9(20)3-8(19)10(5-18)26-14;1-8(2)13(14(15)23)17-9(19)5-6-16-10(20)7-18-11(21)3-4-12(18)22/h8-10,14,18-20H,1-7H2,(H,16,22)(H,17,23);3-4,8,13H,5-7H2,1-2H3,(H2,15,23)(H,16,20)(H,17,19)/t8?,9?,10-,14?;13-/m10/s1. The summed E-state index contributed by atoms with van der Waals surface area (Å²) in [6.07, 6.45) is -2.00. The highest BCUT2D eigenvalue weighted by atomic mass is 16.7. The van der Waals surface area contributed by atoms with Gasteiger partial charge in [-0.05, 0) is 5.92 Å². The van der Waals surface area contributed by atoms with Crippen molar-refractivity contribution in [3.8, 4) is 0 Å². The van der Waals surface area contributed by atoms with E-state index in [9.17, 15) is 48.6 Å². The smallest absolute Gasteiger partial charge is 0.254 e. The van der Waals surface area contributed by atoms with Gasteiger partial charge in [-0.2, -0.15) is 0 Å². The number of rotatable bonds is 19. The van der Waals surface area contributed by atoms with Gasteiger partial charge in [-0.3, -0.25) is 38.5 Å². The summed E-state index contributed by atoms with van der Waals surface area (Å²) in [6, 6.07) is -0.774. The van der Waals surface area contributed by atoms with Crippen LogP contribution in [0.1, 0.15) is 33.1 Å². The summed E-state index contributed by atoms with van der Waals surface area (Å²) >= 11 is 0. The molecule has 9 N–H and O–H groups in total. The third-order valence-electron chi connectivity index (χ3n) is 6.55. The average molecular weight is 698 g/mol. The molecule has 2 heterocycles. The van der Waals surface area contributed by atoms with E-state index in [1.807, 2.05) is 0 Å². The summed E-state index contributed by atoms with van der Waals surface area (Å²) in [5.41, 5.74) is 4.51. The second kappa shape index (κ2) is 22.4. The predicted octanol–water partition coefficient (Wildman–Crippen LogP) is -5.83. The molecule has 21 heteroatoms. The predicted molar refractivity (Wildman–Crippen MR) is 165 cm³/mol. The zero-order chi connectivity index (χ0) is 37.1. The van der Waals surface area contributed by atoms with Crippen LogP contribution in [0.15, 0.2) is 12.2 Å². The largest absolute Gasteiger partial charge is 0.394 e. The number of ether oxygens (including phenoxy) is 3. The van der Waals surface area contributed by atoms with Gasteiger partial charge in [0, 0.05) is 31.5 Å². The van der Waals surface area contributed by atoms with Crippen LogP contribution in [0.3, 0.4) is 0 Å². The lowest BCUT2D eigenvalue weighted by molar-refractivity contribution is -0.269. The number of nitrogens with two attached hydrogens (primary N) is 1. The molecule has 1 fully saturated rings. The fourth-order valence-electron chi connectivity index (χ4n) is 3.97. The Morgan fingerprint density at radius 1 is 0.980 bits per heavy atom. The second-order valence-corrected chi connectivity index (χ2v) is 10.9. The van der Waals surface area contributed by atoms with Gasteiger partial charge in [0.05, 0.1) is 38.9 Å². The molecule has 272 valence electrons. The van der Waals surface area contributed by atoms with Crippen molar-refractivity contribution in [1.82, 2.24) is 26.2 Å². The van der Waals surface area contributed by atoms with Gasteiger partial charge in [-0.25, -0.2) is 0 Å². The van der Waals surface area contributed by atoms with Gasteiger partial charge in [0.15, 0.2) is 14.1 Å². The number of nitrogens with zero attached hydrogens (tertiary/aromatic N) is 1. The molecular formula is C28H43BN6O14. The fourth-order valence-corrected chi connectivity index (χ4v) is 3.97. The molecule has 0 bridgehead atoms. The molecule has 2 radical (unpaired) electrons. The number of primary amides is 1. The van der Waals surface area contributed by atoms with Crippen LogP contribution >= 0.6 is 0 Å². The molecule has 2 aliphatic heterocycles. The average Bonchev–Trinajstić information content (AvgIpc) is 3.34. The lowest BCUT2D eigenvalue weighted by atomic mass is 10.0. The number of nitrogens with one attached hydrogen (secondary N) is 4.